The van der Waals surface area contributed by atoms with Crippen LogP contribution in [0.1, 0.15) is 43.6 Å². The summed E-state index contributed by atoms with van der Waals surface area (Å²) in [6, 6.07) is 14.6. The molecule has 0 heterocycles. The van der Waals surface area contributed by atoms with Crippen molar-refractivity contribution in [2.24, 2.45) is 0 Å². The van der Waals surface area contributed by atoms with E-state index in [0.717, 1.165) is 0 Å². The highest BCUT2D eigenvalue weighted by Gasteiger charge is 2.19. The molecule has 0 saturated heterocycles. The second kappa shape index (κ2) is 7.12. The lowest BCUT2D eigenvalue weighted by molar-refractivity contribution is 0.102. The van der Waals surface area contributed by atoms with Crippen molar-refractivity contribution in [3.63, 3.8) is 0 Å². The first-order valence-corrected chi connectivity index (χ1v) is 7.55. The normalized spacial score (nSPS) is 10.8. The number of carbonyl (C=O) groups is 1. The minimum atomic E-state index is -0.0903. The van der Waals surface area contributed by atoms with E-state index < -0.39 is 0 Å². The number of rotatable bonds is 6. The van der Waals surface area contributed by atoms with Gasteiger partial charge in [-0.2, -0.15) is 0 Å². The van der Waals surface area contributed by atoms with Crippen molar-refractivity contribution in [1.29, 1.82) is 0 Å². The summed E-state index contributed by atoms with van der Waals surface area (Å²) in [6.07, 6.45) is 0.0206. The number of benzene rings is 2. The third-order valence-corrected chi connectivity index (χ3v) is 2.99. The van der Waals surface area contributed by atoms with Crippen molar-refractivity contribution in [3.05, 3.63) is 59.7 Å². The highest BCUT2D eigenvalue weighted by molar-refractivity contribution is 6.12. The van der Waals surface area contributed by atoms with Gasteiger partial charge in [0.1, 0.15) is 11.5 Å². The minimum Gasteiger partial charge on any atom is -0.490 e. The fourth-order valence-electron chi connectivity index (χ4n) is 2.17. The molecule has 0 aliphatic rings. The standard InChI is InChI=1S/C19H22O3/c1-13(2)21-17-11-7-5-9-15(17)19(20)16-10-6-8-12-18(16)22-14(3)4/h5-14H,1-4H3. The SMILES string of the molecule is CC(C)Oc1ccccc1C(=O)c1ccccc1OC(C)C. The van der Waals surface area contributed by atoms with E-state index in [9.17, 15) is 4.79 Å². The van der Waals surface area contributed by atoms with Gasteiger partial charge in [-0.3, -0.25) is 4.79 Å². The van der Waals surface area contributed by atoms with Gasteiger partial charge in [-0.25, -0.2) is 0 Å². The predicted octanol–water partition coefficient (Wildman–Crippen LogP) is 4.49. The van der Waals surface area contributed by atoms with Gasteiger partial charge >= 0.3 is 0 Å². The smallest absolute Gasteiger partial charge is 0.200 e. The number of hydrogen-bond donors (Lipinski definition) is 0. The zero-order valence-electron chi connectivity index (χ0n) is 13.5. The second-order valence-electron chi connectivity index (χ2n) is 5.65. The van der Waals surface area contributed by atoms with Crippen LogP contribution in [0.4, 0.5) is 0 Å². The maximum absolute atomic E-state index is 12.9. The minimum absolute atomic E-state index is 0.0103. The maximum Gasteiger partial charge on any atom is 0.200 e. The average molecular weight is 298 g/mol. The van der Waals surface area contributed by atoms with E-state index in [0.29, 0.717) is 22.6 Å². The van der Waals surface area contributed by atoms with Crippen molar-refractivity contribution >= 4 is 5.78 Å². The molecule has 3 nitrogen and oxygen atoms in total. The van der Waals surface area contributed by atoms with Crippen LogP contribution >= 0.6 is 0 Å². The van der Waals surface area contributed by atoms with Crippen molar-refractivity contribution in [2.75, 3.05) is 0 Å². The molecule has 3 heteroatoms. The van der Waals surface area contributed by atoms with E-state index in [1.807, 2.05) is 64.1 Å². The van der Waals surface area contributed by atoms with Gasteiger partial charge in [0.15, 0.2) is 5.78 Å². The first-order valence-electron chi connectivity index (χ1n) is 7.55. The van der Waals surface area contributed by atoms with E-state index >= 15 is 0 Å². The third-order valence-electron chi connectivity index (χ3n) is 2.99. The van der Waals surface area contributed by atoms with Crippen LogP contribution in [0.15, 0.2) is 48.5 Å². The van der Waals surface area contributed by atoms with E-state index in [-0.39, 0.29) is 18.0 Å². The second-order valence-corrected chi connectivity index (χ2v) is 5.65. The molecule has 116 valence electrons. The summed E-state index contributed by atoms with van der Waals surface area (Å²) in [5.41, 5.74) is 1.10. The molecule has 0 aromatic heterocycles. The van der Waals surface area contributed by atoms with Crippen molar-refractivity contribution in [3.8, 4) is 11.5 Å². The van der Waals surface area contributed by atoms with Gasteiger partial charge in [0.05, 0.1) is 23.3 Å². The van der Waals surface area contributed by atoms with Crippen LogP contribution in [0.3, 0.4) is 0 Å². The quantitative estimate of drug-likeness (QED) is 0.737. The molecule has 2 aromatic carbocycles. The largest absolute Gasteiger partial charge is 0.490 e. The van der Waals surface area contributed by atoms with Gasteiger partial charge in [-0.15, -0.1) is 0 Å². The molecule has 0 radical (unpaired) electrons. The fraction of sp³-hybridized carbons (Fsp3) is 0.316. The summed E-state index contributed by atoms with van der Waals surface area (Å²) in [4.78, 5) is 12.9. The number of hydrogen-bond acceptors (Lipinski definition) is 3. The van der Waals surface area contributed by atoms with E-state index in [4.69, 9.17) is 9.47 Å². The molecular formula is C19H22O3. The molecule has 0 unspecified atom stereocenters. The monoisotopic (exact) mass is 298 g/mol. The highest BCUT2D eigenvalue weighted by Crippen LogP contribution is 2.27. The molecule has 0 bridgehead atoms. The first-order chi connectivity index (χ1) is 10.5. The molecule has 0 N–H and O–H groups in total. The van der Waals surface area contributed by atoms with Crippen molar-refractivity contribution < 1.29 is 14.3 Å². The van der Waals surface area contributed by atoms with Gasteiger partial charge < -0.3 is 9.47 Å². The zero-order chi connectivity index (χ0) is 16.1. The van der Waals surface area contributed by atoms with E-state index in [1.54, 1.807) is 12.1 Å². The summed E-state index contributed by atoms with van der Waals surface area (Å²) in [5, 5.41) is 0. The number of carbonyl (C=O) groups excluding carboxylic acids is 1. The molecule has 0 spiro atoms. The molecule has 0 aliphatic heterocycles. The molecule has 0 saturated carbocycles. The fourth-order valence-corrected chi connectivity index (χ4v) is 2.17. The van der Waals surface area contributed by atoms with Gasteiger partial charge in [0, 0.05) is 0 Å². The lowest BCUT2D eigenvalue weighted by Crippen LogP contribution is -2.13. The highest BCUT2D eigenvalue weighted by atomic mass is 16.5. The van der Waals surface area contributed by atoms with Gasteiger partial charge in [0.2, 0.25) is 0 Å². The van der Waals surface area contributed by atoms with Crippen molar-refractivity contribution in [2.45, 2.75) is 39.9 Å². The molecule has 2 rings (SSSR count). The van der Waals surface area contributed by atoms with Crippen LogP contribution in [0, 0.1) is 0 Å². The Labute approximate surface area is 131 Å². The molecule has 22 heavy (non-hydrogen) atoms. The predicted molar refractivity (Wildman–Crippen MR) is 87.8 cm³/mol. The lowest BCUT2D eigenvalue weighted by atomic mass is 10.0. The Bertz CT molecular complexity index is 589. The number of para-hydroxylation sites is 2. The summed E-state index contributed by atoms with van der Waals surface area (Å²) in [5.74, 6) is 1.11. The summed E-state index contributed by atoms with van der Waals surface area (Å²) in [6.45, 7) is 7.77. The number of ketones is 1. The zero-order valence-corrected chi connectivity index (χ0v) is 13.5. The van der Waals surface area contributed by atoms with Gasteiger partial charge in [-0.05, 0) is 52.0 Å². The van der Waals surface area contributed by atoms with Crippen LogP contribution in [0.2, 0.25) is 0 Å². The van der Waals surface area contributed by atoms with Crippen LogP contribution in [-0.4, -0.2) is 18.0 Å². The number of ether oxygens (including phenoxy) is 2. The molecule has 2 aromatic rings. The maximum atomic E-state index is 12.9. The van der Waals surface area contributed by atoms with Crippen LogP contribution in [0.25, 0.3) is 0 Å². The molecule has 0 amide bonds. The van der Waals surface area contributed by atoms with Crippen LogP contribution < -0.4 is 9.47 Å². The molecular weight excluding hydrogens is 276 g/mol. The van der Waals surface area contributed by atoms with Crippen LogP contribution in [-0.2, 0) is 0 Å². The summed E-state index contributed by atoms with van der Waals surface area (Å²) >= 11 is 0. The van der Waals surface area contributed by atoms with E-state index in [2.05, 4.69) is 0 Å². The van der Waals surface area contributed by atoms with Crippen molar-refractivity contribution in [1.82, 2.24) is 0 Å². The Morgan fingerprint density at radius 3 is 1.45 bits per heavy atom. The summed E-state index contributed by atoms with van der Waals surface area (Å²) in [7, 11) is 0. The molecule has 0 aliphatic carbocycles. The van der Waals surface area contributed by atoms with Gasteiger partial charge in [0.25, 0.3) is 0 Å². The third kappa shape index (κ3) is 3.88. The Kier molecular flexibility index (Phi) is 5.21. The Morgan fingerprint density at radius 2 is 1.09 bits per heavy atom. The van der Waals surface area contributed by atoms with Crippen LogP contribution in [0.5, 0.6) is 11.5 Å². The molecule has 0 fully saturated rings. The van der Waals surface area contributed by atoms with E-state index in [1.165, 1.54) is 0 Å². The topological polar surface area (TPSA) is 35.5 Å². The Hall–Kier alpha value is -2.29. The average Bonchev–Trinajstić information content (AvgIpc) is 2.46. The van der Waals surface area contributed by atoms with Gasteiger partial charge in [-0.1, -0.05) is 24.3 Å². The Balaban J connectivity index is 2.41. The lowest BCUT2D eigenvalue weighted by Gasteiger charge is -2.16. The molecule has 0 atom stereocenters. The summed E-state index contributed by atoms with van der Waals surface area (Å²) < 4.78 is 11.5. The first kappa shape index (κ1) is 16.1. The Morgan fingerprint density at radius 1 is 0.727 bits per heavy atom.